The van der Waals surface area contributed by atoms with Crippen molar-refractivity contribution in [3.63, 3.8) is 0 Å². The monoisotopic (exact) mass is 259 g/mol. The largest absolute Gasteiger partial charge is 0.327 e. The molecule has 18 heavy (non-hydrogen) atoms. The molecule has 0 spiro atoms. The van der Waals surface area contributed by atoms with Gasteiger partial charge in [0.25, 0.3) is 0 Å². The van der Waals surface area contributed by atoms with Crippen LogP contribution < -0.4 is 5.73 Å². The Hall–Kier alpha value is -1.39. The minimum atomic E-state index is 0.196. The Morgan fingerprint density at radius 2 is 1.83 bits per heavy atom. The maximum Gasteiger partial charge on any atom is 0.192 e. The highest BCUT2D eigenvalue weighted by atomic mass is 32.2. The summed E-state index contributed by atoms with van der Waals surface area (Å²) in [6, 6.07) is 10.3. The van der Waals surface area contributed by atoms with Crippen LogP contribution in [0.25, 0.3) is 0 Å². The molecule has 1 unspecified atom stereocenters. The zero-order chi connectivity index (χ0) is 12.8. The predicted octanol–water partition coefficient (Wildman–Crippen LogP) is 2.91. The maximum atomic E-state index is 5.91. The van der Waals surface area contributed by atoms with E-state index in [1.165, 1.54) is 0 Å². The average Bonchev–Trinajstić information content (AvgIpc) is 2.42. The lowest BCUT2D eigenvalue weighted by atomic mass is 10.1. The van der Waals surface area contributed by atoms with E-state index in [1.54, 1.807) is 11.8 Å². The van der Waals surface area contributed by atoms with Gasteiger partial charge in [-0.25, -0.2) is 9.97 Å². The number of hydrogen-bond donors (Lipinski definition) is 1. The molecule has 0 aliphatic rings. The Balaban J connectivity index is 2.00. The topological polar surface area (TPSA) is 51.8 Å². The minimum absolute atomic E-state index is 0.196. The third-order valence-electron chi connectivity index (χ3n) is 2.66. The van der Waals surface area contributed by atoms with E-state index in [9.17, 15) is 0 Å². The molecule has 0 amide bonds. The van der Waals surface area contributed by atoms with Crippen LogP contribution in [0.2, 0.25) is 0 Å². The van der Waals surface area contributed by atoms with Gasteiger partial charge >= 0.3 is 0 Å². The van der Waals surface area contributed by atoms with Crippen molar-refractivity contribution >= 4 is 11.8 Å². The van der Waals surface area contributed by atoms with Gasteiger partial charge in [-0.2, -0.15) is 0 Å². The van der Waals surface area contributed by atoms with Gasteiger partial charge in [-0.15, -0.1) is 0 Å². The highest BCUT2D eigenvalue weighted by Crippen LogP contribution is 2.23. The number of benzene rings is 1. The van der Waals surface area contributed by atoms with Gasteiger partial charge in [0, 0.05) is 23.3 Å². The fourth-order valence-electron chi connectivity index (χ4n) is 1.54. The summed E-state index contributed by atoms with van der Waals surface area (Å²) in [5.74, 6) is 0. The van der Waals surface area contributed by atoms with Gasteiger partial charge in [0.2, 0.25) is 0 Å². The molecule has 1 atom stereocenters. The highest BCUT2D eigenvalue weighted by molar-refractivity contribution is 7.99. The summed E-state index contributed by atoms with van der Waals surface area (Å²) in [6.07, 6.45) is 5.55. The minimum Gasteiger partial charge on any atom is -0.327 e. The standard InChI is InChI=1S/C14H17N3S/c1-2-12(15)8-11-9-16-14(17-10-11)18-13-6-4-3-5-7-13/h3-7,9-10,12H,2,8,15H2,1H3. The van der Waals surface area contributed by atoms with Crippen molar-refractivity contribution in [2.45, 2.75) is 35.9 Å². The second-order valence-electron chi connectivity index (χ2n) is 4.16. The maximum absolute atomic E-state index is 5.91. The number of hydrogen-bond acceptors (Lipinski definition) is 4. The molecule has 4 heteroatoms. The van der Waals surface area contributed by atoms with Crippen LogP contribution in [0.4, 0.5) is 0 Å². The summed E-state index contributed by atoms with van der Waals surface area (Å²) >= 11 is 1.57. The van der Waals surface area contributed by atoms with Crippen LogP contribution in [0, 0.1) is 0 Å². The Labute approximate surface area is 112 Å². The molecule has 2 rings (SSSR count). The molecule has 2 N–H and O–H groups in total. The van der Waals surface area contributed by atoms with Gasteiger partial charge in [-0.3, -0.25) is 0 Å². The van der Waals surface area contributed by atoms with Crippen molar-refractivity contribution in [3.8, 4) is 0 Å². The zero-order valence-electron chi connectivity index (χ0n) is 10.4. The molecule has 0 saturated carbocycles. The molecule has 1 aromatic heterocycles. The van der Waals surface area contributed by atoms with Crippen molar-refractivity contribution in [2.24, 2.45) is 5.73 Å². The van der Waals surface area contributed by atoms with E-state index in [1.807, 2.05) is 30.6 Å². The molecule has 1 aromatic carbocycles. The molecule has 94 valence electrons. The van der Waals surface area contributed by atoms with E-state index in [0.717, 1.165) is 28.5 Å². The molecular formula is C14H17N3S. The third kappa shape index (κ3) is 3.82. The van der Waals surface area contributed by atoms with E-state index in [2.05, 4.69) is 29.0 Å². The second-order valence-corrected chi connectivity index (χ2v) is 5.20. The molecule has 2 aromatic rings. The first-order valence-electron chi connectivity index (χ1n) is 6.07. The summed E-state index contributed by atoms with van der Waals surface area (Å²) < 4.78 is 0. The summed E-state index contributed by atoms with van der Waals surface area (Å²) in [6.45, 7) is 2.09. The summed E-state index contributed by atoms with van der Waals surface area (Å²) in [5, 5.41) is 0.773. The molecule has 0 saturated heterocycles. The number of nitrogens with two attached hydrogens (primary N) is 1. The number of nitrogens with zero attached hydrogens (tertiary/aromatic N) is 2. The van der Waals surface area contributed by atoms with Crippen LogP contribution in [0.15, 0.2) is 52.8 Å². The Kier molecular flexibility index (Phi) is 4.73. The third-order valence-corrected chi connectivity index (χ3v) is 3.56. The van der Waals surface area contributed by atoms with Crippen molar-refractivity contribution in [3.05, 3.63) is 48.3 Å². The van der Waals surface area contributed by atoms with Crippen LogP contribution in [-0.2, 0) is 6.42 Å². The quantitative estimate of drug-likeness (QED) is 0.839. The van der Waals surface area contributed by atoms with Gasteiger partial charge in [-0.1, -0.05) is 25.1 Å². The van der Waals surface area contributed by atoms with Crippen LogP contribution in [0.1, 0.15) is 18.9 Å². The van der Waals surface area contributed by atoms with Gasteiger partial charge in [0.1, 0.15) is 0 Å². The normalized spacial score (nSPS) is 12.3. The van der Waals surface area contributed by atoms with Crippen molar-refractivity contribution in [2.75, 3.05) is 0 Å². The Bertz CT molecular complexity index is 470. The molecule has 0 aliphatic heterocycles. The smallest absolute Gasteiger partial charge is 0.192 e. The number of rotatable bonds is 5. The lowest BCUT2D eigenvalue weighted by molar-refractivity contribution is 0.641. The molecule has 1 heterocycles. The van der Waals surface area contributed by atoms with Crippen LogP contribution in [0.5, 0.6) is 0 Å². The fraction of sp³-hybridized carbons (Fsp3) is 0.286. The first-order valence-corrected chi connectivity index (χ1v) is 6.89. The summed E-state index contributed by atoms with van der Waals surface area (Å²) in [7, 11) is 0. The van der Waals surface area contributed by atoms with E-state index >= 15 is 0 Å². The van der Waals surface area contributed by atoms with Crippen LogP contribution >= 0.6 is 11.8 Å². The average molecular weight is 259 g/mol. The Morgan fingerprint density at radius 3 is 2.44 bits per heavy atom. The summed E-state index contributed by atoms with van der Waals surface area (Å²) in [5.41, 5.74) is 7.00. The first-order chi connectivity index (χ1) is 8.78. The summed E-state index contributed by atoms with van der Waals surface area (Å²) in [4.78, 5) is 9.86. The van der Waals surface area contributed by atoms with Crippen molar-refractivity contribution in [1.29, 1.82) is 0 Å². The second kappa shape index (κ2) is 6.52. The highest BCUT2D eigenvalue weighted by Gasteiger charge is 2.04. The van der Waals surface area contributed by atoms with E-state index < -0.39 is 0 Å². The van der Waals surface area contributed by atoms with E-state index in [4.69, 9.17) is 5.73 Å². The van der Waals surface area contributed by atoms with Crippen molar-refractivity contribution in [1.82, 2.24) is 9.97 Å². The molecule has 0 fully saturated rings. The molecule has 0 bridgehead atoms. The lowest BCUT2D eigenvalue weighted by Crippen LogP contribution is -2.21. The molecule has 0 aliphatic carbocycles. The van der Waals surface area contributed by atoms with Crippen molar-refractivity contribution < 1.29 is 0 Å². The van der Waals surface area contributed by atoms with E-state index in [-0.39, 0.29) is 6.04 Å². The van der Waals surface area contributed by atoms with Crippen LogP contribution in [0.3, 0.4) is 0 Å². The first kappa shape index (κ1) is 13.1. The lowest BCUT2D eigenvalue weighted by Gasteiger charge is -2.07. The SMILES string of the molecule is CCC(N)Cc1cnc(Sc2ccccc2)nc1. The van der Waals surface area contributed by atoms with Gasteiger partial charge in [0.15, 0.2) is 5.16 Å². The van der Waals surface area contributed by atoms with Crippen LogP contribution in [-0.4, -0.2) is 16.0 Å². The van der Waals surface area contributed by atoms with Gasteiger partial charge in [-0.05, 0) is 42.3 Å². The Morgan fingerprint density at radius 1 is 1.17 bits per heavy atom. The van der Waals surface area contributed by atoms with Gasteiger partial charge < -0.3 is 5.73 Å². The number of aromatic nitrogens is 2. The fourth-order valence-corrected chi connectivity index (χ4v) is 2.26. The molecule has 0 radical (unpaired) electrons. The molecule has 3 nitrogen and oxygen atoms in total. The van der Waals surface area contributed by atoms with E-state index in [0.29, 0.717) is 0 Å². The zero-order valence-corrected chi connectivity index (χ0v) is 11.2. The van der Waals surface area contributed by atoms with Gasteiger partial charge in [0.05, 0.1) is 0 Å². The molecular weight excluding hydrogens is 242 g/mol. The predicted molar refractivity (Wildman–Crippen MR) is 74.6 cm³/mol.